The summed E-state index contributed by atoms with van der Waals surface area (Å²) in [6.07, 6.45) is 2.28. The van der Waals surface area contributed by atoms with E-state index >= 15 is 0 Å². The van der Waals surface area contributed by atoms with Crippen LogP contribution >= 0.6 is 0 Å². The summed E-state index contributed by atoms with van der Waals surface area (Å²) >= 11 is 0. The molecule has 3 heterocycles. The van der Waals surface area contributed by atoms with E-state index in [4.69, 9.17) is 0 Å². The molecule has 1 aliphatic heterocycles. The third kappa shape index (κ3) is 1.58. The average Bonchev–Trinajstić information content (AvgIpc) is 2.98. The highest BCUT2D eigenvalue weighted by molar-refractivity contribution is 5.92. The number of amides is 1. The molecule has 2 aromatic heterocycles. The van der Waals surface area contributed by atoms with Gasteiger partial charge in [-0.25, -0.2) is 0 Å². The van der Waals surface area contributed by atoms with Crippen LogP contribution < -0.4 is 0 Å². The fourth-order valence-corrected chi connectivity index (χ4v) is 2.05. The van der Waals surface area contributed by atoms with Gasteiger partial charge in [-0.3, -0.25) is 19.7 Å². The second-order valence-electron chi connectivity index (χ2n) is 4.06. The number of nitrogens with zero attached hydrogens (tertiary/aromatic N) is 3. The van der Waals surface area contributed by atoms with Gasteiger partial charge in [0.2, 0.25) is 0 Å². The molecule has 6 heteroatoms. The van der Waals surface area contributed by atoms with E-state index in [1.807, 2.05) is 0 Å². The molecule has 18 heavy (non-hydrogen) atoms. The second-order valence-corrected chi connectivity index (χ2v) is 4.06. The van der Waals surface area contributed by atoms with Crippen LogP contribution in [0.15, 0.2) is 24.4 Å². The van der Waals surface area contributed by atoms with Crippen LogP contribution in [0.1, 0.15) is 32.2 Å². The van der Waals surface area contributed by atoms with Gasteiger partial charge >= 0.3 is 0 Å². The third-order valence-corrected chi connectivity index (χ3v) is 2.97. The number of aldehydes is 1. The van der Waals surface area contributed by atoms with Crippen molar-refractivity contribution >= 4 is 12.2 Å². The molecule has 1 N–H and O–H groups in total. The van der Waals surface area contributed by atoms with Gasteiger partial charge in [-0.05, 0) is 12.1 Å². The third-order valence-electron chi connectivity index (χ3n) is 2.97. The first kappa shape index (κ1) is 10.6. The minimum absolute atomic E-state index is 0.142. The number of fused-ring (bicyclic) bond motifs is 1. The summed E-state index contributed by atoms with van der Waals surface area (Å²) in [6.45, 7) is 0.834. The van der Waals surface area contributed by atoms with Gasteiger partial charge in [-0.15, -0.1) is 0 Å². The van der Waals surface area contributed by atoms with Crippen LogP contribution in [-0.2, 0) is 13.1 Å². The van der Waals surface area contributed by atoms with Crippen LogP contribution in [0.4, 0.5) is 0 Å². The number of aromatic nitrogens is 3. The van der Waals surface area contributed by atoms with E-state index in [-0.39, 0.29) is 5.91 Å². The van der Waals surface area contributed by atoms with E-state index in [2.05, 4.69) is 15.2 Å². The Bertz CT molecular complexity index is 606. The van der Waals surface area contributed by atoms with Crippen molar-refractivity contribution in [3.63, 3.8) is 0 Å². The summed E-state index contributed by atoms with van der Waals surface area (Å²) in [6, 6.07) is 5.21. The van der Waals surface area contributed by atoms with Crippen LogP contribution in [0.3, 0.4) is 0 Å². The molecule has 2 aromatic rings. The molecule has 0 atom stereocenters. The monoisotopic (exact) mass is 242 g/mol. The van der Waals surface area contributed by atoms with Crippen LogP contribution in [-0.4, -0.2) is 32.3 Å². The summed E-state index contributed by atoms with van der Waals surface area (Å²) in [7, 11) is 0. The van der Waals surface area contributed by atoms with E-state index in [1.54, 1.807) is 29.3 Å². The summed E-state index contributed by atoms with van der Waals surface area (Å²) < 4.78 is 0. The SMILES string of the molecule is O=Cc1n[nH]c2c1CN(C(=O)c1ccccn1)C2. The summed E-state index contributed by atoms with van der Waals surface area (Å²) in [4.78, 5) is 28.6. The molecule has 6 nitrogen and oxygen atoms in total. The van der Waals surface area contributed by atoms with Gasteiger partial charge in [0.05, 0.1) is 18.8 Å². The van der Waals surface area contributed by atoms with Crippen molar-refractivity contribution in [2.24, 2.45) is 0 Å². The number of aromatic amines is 1. The molecule has 0 bridgehead atoms. The zero-order chi connectivity index (χ0) is 12.5. The van der Waals surface area contributed by atoms with Crippen LogP contribution in [0.25, 0.3) is 0 Å². The molecule has 0 spiro atoms. The highest BCUT2D eigenvalue weighted by Crippen LogP contribution is 2.24. The number of carbonyl (C=O) groups is 2. The molecule has 3 rings (SSSR count). The van der Waals surface area contributed by atoms with Gasteiger partial charge in [0.1, 0.15) is 11.4 Å². The first-order valence-electron chi connectivity index (χ1n) is 5.51. The van der Waals surface area contributed by atoms with Crippen LogP contribution in [0, 0.1) is 0 Å². The lowest BCUT2D eigenvalue weighted by molar-refractivity contribution is 0.0742. The second kappa shape index (κ2) is 4.06. The lowest BCUT2D eigenvalue weighted by Gasteiger charge is -2.14. The van der Waals surface area contributed by atoms with Crippen molar-refractivity contribution in [3.8, 4) is 0 Å². The topological polar surface area (TPSA) is 79.0 Å². The van der Waals surface area contributed by atoms with Crippen molar-refractivity contribution in [3.05, 3.63) is 47.0 Å². The molecular formula is C12H10N4O2. The first-order chi connectivity index (χ1) is 8.79. The number of carbonyl (C=O) groups excluding carboxylic acids is 2. The summed E-state index contributed by atoms with van der Waals surface area (Å²) in [5.74, 6) is -0.142. The molecule has 0 saturated heterocycles. The molecule has 0 radical (unpaired) electrons. The Morgan fingerprint density at radius 3 is 3.00 bits per heavy atom. The molecule has 0 unspecified atom stereocenters. The van der Waals surface area contributed by atoms with Crippen LogP contribution in [0.2, 0.25) is 0 Å². The van der Waals surface area contributed by atoms with Crippen molar-refractivity contribution in [1.82, 2.24) is 20.1 Å². The number of nitrogens with one attached hydrogen (secondary N) is 1. The maximum Gasteiger partial charge on any atom is 0.273 e. The van der Waals surface area contributed by atoms with Gasteiger partial charge in [-0.2, -0.15) is 5.10 Å². The Hall–Kier alpha value is -2.50. The maximum atomic E-state index is 12.2. The predicted molar refractivity (Wildman–Crippen MR) is 61.8 cm³/mol. The number of rotatable bonds is 2. The standard InChI is InChI=1S/C12H10N4O2/c17-7-11-8-5-16(6-10(8)14-15-11)12(18)9-3-1-2-4-13-9/h1-4,7H,5-6H2,(H,14,15). The summed E-state index contributed by atoms with van der Waals surface area (Å²) in [5, 5.41) is 6.65. The van der Waals surface area contributed by atoms with Crippen molar-refractivity contribution in [1.29, 1.82) is 0 Å². The molecule has 0 aromatic carbocycles. The molecule has 90 valence electrons. The highest BCUT2D eigenvalue weighted by Gasteiger charge is 2.28. The Morgan fingerprint density at radius 2 is 2.28 bits per heavy atom. The first-order valence-corrected chi connectivity index (χ1v) is 5.51. The van der Waals surface area contributed by atoms with E-state index in [9.17, 15) is 9.59 Å². The minimum Gasteiger partial charge on any atom is -0.327 e. The minimum atomic E-state index is -0.142. The van der Waals surface area contributed by atoms with Gasteiger partial charge < -0.3 is 4.90 Å². The highest BCUT2D eigenvalue weighted by atomic mass is 16.2. The molecular weight excluding hydrogens is 232 g/mol. The van der Waals surface area contributed by atoms with E-state index in [0.29, 0.717) is 30.8 Å². The predicted octanol–water partition coefficient (Wildman–Crippen LogP) is 0.773. The molecule has 1 amide bonds. The Morgan fingerprint density at radius 1 is 1.39 bits per heavy atom. The average molecular weight is 242 g/mol. The van der Waals surface area contributed by atoms with E-state index in [0.717, 1.165) is 11.3 Å². The lowest BCUT2D eigenvalue weighted by atomic mass is 10.2. The van der Waals surface area contributed by atoms with Gasteiger partial charge in [0, 0.05) is 11.8 Å². The molecule has 0 aliphatic carbocycles. The van der Waals surface area contributed by atoms with E-state index in [1.165, 1.54) is 0 Å². The smallest absolute Gasteiger partial charge is 0.273 e. The zero-order valence-electron chi connectivity index (χ0n) is 9.46. The van der Waals surface area contributed by atoms with Gasteiger partial charge in [0.15, 0.2) is 6.29 Å². The number of pyridine rings is 1. The van der Waals surface area contributed by atoms with Crippen molar-refractivity contribution < 1.29 is 9.59 Å². The normalized spacial score (nSPS) is 13.4. The number of hydrogen-bond acceptors (Lipinski definition) is 4. The van der Waals surface area contributed by atoms with Crippen LogP contribution in [0.5, 0.6) is 0 Å². The molecule has 1 aliphatic rings. The Kier molecular flexibility index (Phi) is 2.40. The van der Waals surface area contributed by atoms with E-state index < -0.39 is 0 Å². The Labute approximate surface area is 103 Å². The fourth-order valence-electron chi connectivity index (χ4n) is 2.05. The van der Waals surface area contributed by atoms with Crippen molar-refractivity contribution in [2.45, 2.75) is 13.1 Å². The van der Waals surface area contributed by atoms with Crippen molar-refractivity contribution in [2.75, 3.05) is 0 Å². The maximum absolute atomic E-state index is 12.2. The Balaban J connectivity index is 1.84. The summed E-state index contributed by atoms with van der Waals surface area (Å²) in [5.41, 5.74) is 2.40. The van der Waals surface area contributed by atoms with Gasteiger partial charge in [0.25, 0.3) is 5.91 Å². The lowest BCUT2D eigenvalue weighted by Crippen LogP contribution is -2.26. The molecule has 0 saturated carbocycles. The largest absolute Gasteiger partial charge is 0.327 e. The number of H-pyrrole nitrogens is 1. The molecule has 0 fully saturated rings. The van der Waals surface area contributed by atoms with Gasteiger partial charge in [-0.1, -0.05) is 6.07 Å². The fraction of sp³-hybridized carbons (Fsp3) is 0.167. The quantitative estimate of drug-likeness (QED) is 0.789. The number of hydrogen-bond donors (Lipinski definition) is 1. The zero-order valence-corrected chi connectivity index (χ0v) is 9.46.